The van der Waals surface area contributed by atoms with Gasteiger partial charge in [-0.1, -0.05) is 26.3 Å². The zero-order valence-electron chi connectivity index (χ0n) is 11.1. The first-order valence-corrected chi connectivity index (χ1v) is 6.40. The molecule has 0 saturated carbocycles. The van der Waals surface area contributed by atoms with Gasteiger partial charge in [0, 0.05) is 17.9 Å². The van der Waals surface area contributed by atoms with Gasteiger partial charge in [0.1, 0.15) is 6.61 Å². The molecule has 4 nitrogen and oxygen atoms in total. The van der Waals surface area contributed by atoms with Crippen LogP contribution in [0.3, 0.4) is 0 Å². The van der Waals surface area contributed by atoms with E-state index in [0.29, 0.717) is 11.6 Å². The summed E-state index contributed by atoms with van der Waals surface area (Å²) in [5.74, 6) is 0.234. The Kier molecular flexibility index (Phi) is 6.22. The van der Waals surface area contributed by atoms with Crippen molar-refractivity contribution in [3.63, 3.8) is 0 Å². The smallest absolute Gasteiger partial charge is 0.250 e. The van der Waals surface area contributed by atoms with Crippen molar-refractivity contribution in [3.05, 3.63) is 24.3 Å². The molecule has 18 heavy (non-hydrogen) atoms. The molecule has 100 valence electrons. The first-order valence-electron chi connectivity index (χ1n) is 6.40. The van der Waals surface area contributed by atoms with Gasteiger partial charge in [0.25, 0.3) is 0 Å². The van der Waals surface area contributed by atoms with Gasteiger partial charge in [-0.3, -0.25) is 4.79 Å². The van der Waals surface area contributed by atoms with E-state index in [-0.39, 0.29) is 0 Å². The Morgan fingerprint density at radius 1 is 1.39 bits per heavy atom. The molecule has 0 aliphatic heterocycles. The monoisotopic (exact) mass is 250 g/mol. The summed E-state index contributed by atoms with van der Waals surface area (Å²) in [6.45, 7) is 4.83. The molecule has 0 aliphatic rings. The van der Waals surface area contributed by atoms with Crippen LogP contribution in [0.2, 0.25) is 0 Å². The molecule has 0 aliphatic carbocycles. The number of hydrogen-bond donors (Lipinski definition) is 3. The van der Waals surface area contributed by atoms with Crippen molar-refractivity contribution in [2.45, 2.75) is 26.7 Å². The van der Waals surface area contributed by atoms with Crippen molar-refractivity contribution in [3.8, 4) is 0 Å². The van der Waals surface area contributed by atoms with Crippen LogP contribution >= 0.6 is 0 Å². The normalized spacial score (nSPS) is 11.9. The van der Waals surface area contributed by atoms with Crippen molar-refractivity contribution in [2.75, 3.05) is 23.8 Å². The Morgan fingerprint density at radius 2 is 2.11 bits per heavy atom. The van der Waals surface area contributed by atoms with Crippen LogP contribution in [-0.4, -0.2) is 24.2 Å². The van der Waals surface area contributed by atoms with Crippen molar-refractivity contribution in [1.82, 2.24) is 0 Å². The number of nitrogens with one attached hydrogen (secondary N) is 2. The lowest BCUT2D eigenvalue weighted by Crippen LogP contribution is -2.16. The highest BCUT2D eigenvalue weighted by atomic mass is 16.3. The Hall–Kier alpha value is -1.55. The van der Waals surface area contributed by atoms with E-state index in [1.54, 1.807) is 6.07 Å². The largest absolute Gasteiger partial charge is 0.387 e. The van der Waals surface area contributed by atoms with Gasteiger partial charge in [-0.25, -0.2) is 0 Å². The maximum atomic E-state index is 11.1. The average molecular weight is 250 g/mol. The second-order valence-corrected chi connectivity index (χ2v) is 4.56. The van der Waals surface area contributed by atoms with Crippen LogP contribution in [-0.2, 0) is 4.79 Å². The number of aliphatic hydroxyl groups is 1. The molecule has 0 radical (unpaired) electrons. The van der Waals surface area contributed by atoms with Gasteiger partial charge in [0.2, 0.25) is 5.91 Å². The van der Waals surface area contributed by atoms with Crippen molar-refractivity contribution < 1.29 is 9.90 Å². The maximum absolute atomic E-state index is 11.1. The molecule has 0 aromatic heterocycles. The fourth-order valence-electron chi connectivity index (χ4n) is 1.79. The molecule has 0 bridgehead atoms. The zero-order chi connectivity index (χ0) is 13.4. The van der Waals surface area contributed by atoms with Gasteiger partial charge in [-0.05, 0) is 30.5 Å². The Labute approximate surface area is 108 Å². The molecule has 1 amide bonds. The van der Waals surface area contributed by atoms with E-state index in [4.69, 9.17) is 5.11 Å². The van der Waals surface area contributed by atoms with Crippen LogP contribution in [0, 0.1) is 5.92 Å². The van der Waals surface area contributed by atoms with Gasteiger partial charge in [-0.15, -0.1) is 0 Å². The van der Waals surface area contributed by atoms with Crippen LogP contribution in [0.15, 0.2) is 24.3 Å². The lowest BCUT2D eigenvalue weighted by Gasteiger charge is -2.13. The van der Waals surface area contributed by atoms with Gasteiger partial charge in [0.05, 0.1) is 0 Å². The standard InChI is InChI=1S/C14H22N2O2/c1-3-5-11(2)9-15-12-6-4-7-13(8-12)16-14(18)10-17/h4,6-8,11,15,17H,3,5,9-10H2,1-2H3,(H,16,18). The van der Waals surface area contributed by atoms with E-state index in [2.05, 4.69) is 24.5 Å². The minimum atomic E-state index is -0.495. The zero-order valence-corrected chi connectivity index (χ0v) is 11.1. The summed E-state index contributed by atoms with van der Waals surface area (Å²) >= 11 is 0. The number of carbonyl (C=O) groups excluding carboxylic acids is 1. The molecule has 0 spiro atoms. The Bertz CT molecular complexity index is 380. The lowest BCUT2D eigenvalue weighted by molar-refractivity contribution is -0.118. The molecular weight excluding hydrogens is 228 g/mol. The third-order valence-electron chi connectivity index (χ3n) is 2.73. The Balaban J connectivity index is 2.51. The summed E-state index contributed by atoms with van der Waals surface area (Å²) in [6, 6.07) is 7.51. The average Bonchev–Trinajstić information content (AvgIpc) is 2.37. The SMILES string of the molecule is CCCC(C)CNc1cccc(NC(=O)CO)c1. The molecule has 4 heteroatoms. The molecule has 1 atom stereocenters. The van der Waals surface area contributed by atoms with E-state index < -0.39 is 12.5 Å². The number of benzene rings is 1. The number of amides is 1. The van der Waals surface area contributed by atoms with Crippen LogP contribution in [0.25, 0.3) is 0 Å². The number of carbonyl (C=O) groups is 1. The van der Waals surface area contributed by atoms with Crippen LogP contribution in [0.4, 0.5) is 11.4 Å². The van der Waals surface area contributed by atoms with E-state index in [0.717, 1.165) is 12.2 Å². The number of aliphatic hydroxyl groups excluding tert-OH is 1. The van der Waals surface area contributed by atoms with Gasteiger partial charge < -0.3 is 15.7 Å². The second-order valence-electron chi connectivity index (χ2n) is 4.56. The first kappa shape index (κ1) is 14.5. The molecule has 1 rings (SSSR count). The van der Waals surface area contributed by atoms with Crippen LogP contribution in [0.1, 0.15) is 26.7 Å². The van der Waals surface area contributed by atoms with Crippen LogP contribution < -0.4 is 10.6 Å². The second kappa shape index (κ2) is 7.71. The Morgan fingerprint density at radius 3 is 2.78 bits per heavy atom. The van der Waals surface area contributed by atoms with Crippen molar-refractivity contribution in [2.24, 2.45) is 5.92 Å². The van der Waals surface area contributed by atoms with Gasteiger partial charge in [0.15, 0.2) is 0 Å². The first-order chi connectivity index (χ1) is 8.65. The van der Waals surface area contributed by atoms with Gasteiger partial charge >= 0.3 is 0 Å². The molecule has 0 fully saturated rings. The molecule has 1 aromatic rings. The summed E-state index contributed by atoms with van der Waals surface area (Å²) in [5, 5.41) is 14.6. The fraction of sp³-hybridized carbons (Fsp3) is 0.500. The molecular formula is C14H22N2O2. The summed E-state index contributed by atoms with van der Waals surface area (Å²) < 4.78 is 0. The number of anilines is 2. The lowest BCUT2D eigenvalue weighted by atomic mass is 10.1. The predicted octanol–water partition coefficient (Wildman–Crippen LogP) is 2.47. The molecule has 1 aromatic carbocycles. The highest BCUT2D eigenvalue weighted by Gasteiger charge is 2.03. The molecule has 3 N–H and O–H groups in total. The molecule has 0 heterocycles. The summed E-state index contributed by atoms with van der Waals surface area (Å²) in [5.41, 5.74) is 1.68. The third kappa shape index (κ3) is 5.19. The predicted molar refractivity (Wildman–Crippen MR) is 74.7 cm³/mol. The van der Waals surface area contributed by atoms with Gasteiger partial charge in [-0.2, -0.15) is 0 Å². The van der Waals surface area contributed by atoms with Crippen molar-refractivity contribution >= 4 is 17.3 Å². The number of hydrogen-bond acceptors (Lipinski definition) is 3. The fourth-order valence-corrected chi connectivity index (χ4v) is 1.79. The minimum absolute atomic E-state index is 0.397. The van der Waals surface area contributed by atoms with Crippen LogP contribution in [0.5, 0.6) is 0 Å². The topological polar surface area (TPSA) is 61.4 Å². The highest BCUT2D eigenvalue weighted by Crippen LogP contribution is 2.16. The third-order valence-corrected chi connectivity index (χ3v) is 2.73. The summed E-state index contributed by atoms with van der Waals surface area (Å²) in [7, 11) is 0. The summed E-state index contributed by atoms with van der Waals surface area (Å²) in [6.07, 6.45) is 2.39. The molecule has 0 saturated heterocycles. The van der Waals surface area contributed by atoms with E-state index >= 15 is 0 Å². The summed E-state index contributed by atoms with van der Waals surface area (Å²) in [4.78, 5) is 11.1. The van der Waals surface area contributed by atoms with E-state index in [9.17, 15) is 4.79 Å². The highest BCUT2D eigenvalue weighted by molar-refractivity contribution is 5.91. The van der Waals surface area contributed by atoms with Crippen molar-refractivity contribution in [1.29, 1.82) is 0 Å². The van der Waals surface area contributed by atoms with E-state index in [1.165, 1.54) is 12.8 Å². The number of rotatable bonds is 7. The minimum Gasteiger partial charge on any atom is -0.387 e. The quantitative estimate of drug-likeness (QED) is 0.696. The molecule has 1 unspecified atom stereocenters. The maximum Gasteiger partial charge on any atom is 0.250 e. The van der Waals surface area contributed by atoms with E-state index in [1.807, 2.05) is 18.2 Å².